The van der Waals surface area contributed by atoms with Crippen LogP contribution in [0.5, 0.6) is 5.75 Å². The molecular formula is C21H22N2O2. The van der Waals surface area contributed by atoms with Crippen molar-refractivity contribution >= 4 is 27.8 Å². The highest BCUT2D eigenvalue weighted by Gasteiger charge is 2.20. The maximum absolute atomic E-state index is 10.9. The molecule has 1 N–H and O–H groups in total. The molecule has 0 aliphatic carbocycles. The van der Waals surface area contributed by atoms with Gasteiger partial charge in [-0.3, -0.25) is 0 Å². The highest BCUT2D eigenvalue weighted by Crippen LogP contribution is 2.43. The van der Waals surface area contributed by atoms with Gasteiger partial charge in [0, 0.05) is 48.4 Å². The summed E-state index contributed by atoms with van der Waals surface area (Å²) in [6.45, 7) is 3.14. The monoisotopic (exact) mass is 334 g/mol. The molecule has 128 valence electrons. The van der Waals surface area contributed by atoms with Crippen LogP contribution in [0.4, 0.5) is 17.1 Å². The Labute approximate surface area is 147 Å². The molecule has 0 saturated carbocycles. The first-order valence-corrected chi connectivity index (χ1v) is 8.62. The van der Waals surface area contributed by atoms with Gasteiger partial charge >= 0.3 is 0 Å². The first kappa shape index (κ1) is 15.8. The van der Waals surface area contributed by atoms with Gasteiger partial charge in [0.15, 0.2) is 0 Å². The molecule has 1 aliphatic rings. The molecule has 25 heavy (non-hydrogen) atoms. The number of benzene rings is 3. The zero-order valence-corrected chi connectivity index (χ0v) is 14.4. The highest BCUT2D eigenvalue weighted by molar-refractivity contribution is 6.06. The summed E-state index contributed by atoms with van der Waals surface area (Å²) >= 11 is 0. The highest BCUT2D eigenvalue weighted by atomic mass is 16.5. The first-order valence-electron chi connectivity index (χ1n) is 8.62. The smallest absolute Gasteiger partial charge is 0.141 e. The molecule has 3 aromatic carbocycles. The Kier molecular flexibility index (Phi) is 4.20. The molecule has 0 aromatic heterocycles. The summed E-state index contributed by atoms with van der Waals surface area (Å²) in [4.78, 5) is 4.33. The van der Waals surface area contributed by atoms with Crippen molar-refractivity contribution in [1.82, 2.24) is 0 Å². The average molecular weight is 334 g/mol. The number of ether oxygens (including phenoxy) is 1. The topological polar surface area (TPSA) is 35.9 Å². The van der Waals surface area contributed by atoms with Gasteiger partial charge in [0.2, 0.25) is 0 Å². The number of hydrogen-bond acceptors (Lipinski definition) is 4. The fourth-order valence-corrected chi connectivity index (χ4v) is 3.53. The van der Waals surface area contributed by atoms with E-state index in [9.17, 15) is 5.11 Å². The van der Waals surface area contributed by atoms with E-state index in [1.54, 1.807) is 0 Å². The Hall–Kier alpha value is -2.72. The molecule has 1 aliphatic heterocycles. The van der Waals surface area contributed by atoms with E-state index in [1.165, 1.54) is 0 Å². The quantitative estimate of drug-likeness (QED) is 0.780. The van der Waals surface area contributed by atoms with E-state index in [2.05, 4.69) is 23.1 Å². The minimum Gasteiger partial charge on any atom is -0.506 e. The van der Waals surface area contributed by atoms with Gasteiger partial charge < -0.3 is 19.6 Å². The molecule has 1 saturated heterocycles. The number of nitrogens with zero attached hydrogens (tertiary/aromatic N) is 2. The summed E-state index contributed by atoms with van der Waals surface area (Å²) in [7, 11) is 1.99. The number of anilines is 3. The van der Waals surface area contributed by atoms with Gasteiger partial charge in [0.05, 0.1) is 18.9 Å². The minimum absolute atomic E-state index is 0.298. The van der Waals surface area contributed by atoms with Crippen molar-refractivity contribution in [3.63, 3.8) is 0 Å². The number of phenols is 1. The van der Waals surface area contributed by atoms with Gasteiger partial charge in [-0.15, -0.1) is 0 Å². The largest absolute Gasteiger partial charge is 0.506 e. The number of aromatic hydroxyl groups is 1. The van der Waals surface area contributed by atoms with E-state index in [0.29, 0.717) is 5.75 Å². The number of phenolic OH excluding ortho intramolecular Hbond substituents is 1. The van der Waals surface area contributed by atoms with Crippen LogP contribution in [-0.4, -0.2) is 38.5 Å². The molecule has 1 heterocycles. The fourth-order valence-electron chi connectivity index (χ4n) is 3.53. The number of para-hydroxylation sites is 1. The van der Waals surface area contributed by atoms with Crippen LogP contribution in [0.2, 0.25) is 0 Å². The maximum atomic E-state index is 10.9. The van der Waals surface area contributed by atoms with Gasteiger partial charge in [-0.1, -0.05) is 42.5 Å². The predicted octanol–water partition coefficient (Wildman–Crippen LogP) is 4.15. The standard InChI is InChI=1S/C21H22N2O2/c1-22(16-7-3-2-4-8-16)21-18-10-6-5-9-17(18)19(15-20(21)24)23-11-13-25-14-12-23/h2-10,15,24H,11-14H2,1H3. The number of rotatable bonds is 3. The fraction of sp³-hybridized carbons (Fsp3) is 0.238. The molecule has 4 nitrogen and oxygen atoms in total. The summed E-state index contributed by atoms with van der Waals surface area (Å²) in [5, 5.41) is 13.1. The molecule has 0 atom stereocenters. The lowest BCUT2D eigenvalue weighted by Gasteiger charge is -2.31. The van der Waals surface area contributed by atoms with Gasteiger partial charge in [-0.05, 0) is 12.1 Å². The van der Waals surface area contributed by atoms with E-state index >= 15 is 0 Å². The lowest BCUT2D eigenvalue weighted by Crippen LogP contribution is -2.36. The zero-order valence-electron chi connectivity index (χ0n) is 14.4. The molecule has 4 heteroatoms. The number of morpholine rings is 1. The molecule has 0 radical (unpaired) electrons. The second-order valence-electron chi connectivity index (χ2n) is 6.30. The molecule has 0 spiro atoms. The zero-order chi connectivity index (χ0) is 17.2. The lowest BCUT2D eigenvalue weighted by atomic mass is 10.0. The van der Waals surface area contributed by atoms with Crippen LogP contribution >= 0.6 is 0 Å². The van der Waals surface area contributed by atoms with E-state index in [4.69, 9.17) is 4.74 Å². The van der Waals surface area contributed by atoms with Crippen molar-refractivity contribution in [3.8, 4) is 5.75 Å². The molecule has 0 bridgehead atoms. The first-order chi connectivity index (χ1) is 12.3. The number of fused-ring (bicyclic) bond motifs is 1. The molecule has 0 amide bonds. The van der Waals surface area contributed by atoms with Crippen molar-refractivity contribution < 1.29 is 9.84 Å². The third-order valence-corrected chi connectivity index (χ3v) is 4.80. The Balaban J connectivity index is 1.87. The van der Waals surface area contributed by atoms with Crippen molar-refractivity contribution in [1.29, 1.82) is 0 Å². The van der Waals surface area contributed by atoms with Crippen LogP contribution in [0.1, 0.15) is 0 Å². The van der Waals surface area contributed by atoms with Crippen LogP contribution in [-0.2, 0) is 4.74 Å². The summed E-state index contributed by atoms with van der Waals surface area (Å²) in [5.41, 5.74) is 2.95. The Morgan fingerprint density at radius 3 is 2.28 bits per heavy atom. The Morgan fingerprint density at radius 1 is 0.920 bits per heavy atom. The molecule has 0 unspecified atom stereocenters. The van der Waals surface area contributed by atoms with E-state index < -0.39 is 0 Å². The van der Waals surface area contributed by atoms with Gasteiger partial charge in [-0.25, -0.2) is 0 Å². The molecule has 3 aromatic rings. The SMILES string of the molecule is CN(c1ccccc1)c1c(O)cc(N2CCOCC2)c2ccccc12. The lowest BCUT2D eigenvalue weighted by molar-refractivity contribution is 0.123. The third-order valence-electron chi connectivity index (χ3n) is 4.80. The van der Waals surface area contributed by atoms with Crippen LogP contribution in [0.3, 0.4) is 0 Å². The van der Waals surface area contributed by atoms with E-state index in [1.807, 2.05) is 54.4 Å². The number of hydrogen-bond donors (Lipinski definition) is 1. The van der Waals surface area contributed by atoms with Crippen molar-refractivity contribution in [3.05, 3.63) is 60.7 Å². The van der Waals surface area contributed by atoms with Crippen LogP contribution in [0.15, 0.2) is 60.7 Å². The average Bonchev–Trinajstić information content (AvgIpc) is 2.68. The van der Waals surface area contributed by atoms with E-state index in [0.717, 1.165) is 54.1 Å². The predicted molar refractivity (Wildman–Crippen MR) is 103 cm³/mol. The normalized spacial score (nSPS) is 14.7. The Morgan fingerprint density at radius 2 is 1.56 bits per heavy atom. The van der Waals surface area contributed by atoms with Crippen LogP contribution in [0.25, 0.3) is 10.8 Å². The second-order valence-corrected chi connectivity index (χ2v) is 6.30. The molecule has 4 rings (SSSR count). The van der Waals surface area contributed by atoms with Crippen LogP contribution < -0.4 is 9.80 Å². The second kappa shape index (κ2) is 6.65. The maximum Gasteiger partial charge on any atom is 0.141 e. The summed E-state index contributed by atoms with van der Waals surface area (Å²) in [6.07, 6.45) is 0. The van der Waals surface area contributed by atoms with Gasteiger partial charge in [0.25, 0.3) is 0 Å². The third kappa shape index (κ3) is 2.89. The minimum atomic E-state index is 0.298. The molecular weight excluding hydrogens is 312 g/mol. The summed E-state index contributed by atoms with van der Waals surface area (Å²) in [6, 6.07) is 20.3. The summed E-state index contributed by atoms with van der Waals surface area (Å²) in [5.74, 6) is 0.298. The van der Waals surface area contributed by atoms with Crippen molar-refractivity contribution in [2.45, 2.75) is 0 Å². The van der Waals surface area contributed by atoms with Gasteiger partial charge in [-0.2, -0.15) is 0 Å². The van der Waals surface area contributed by atoms with Crippen LogP contribution in [0, 0.1) is 0 Å². The van der Waals surface area contributed by atoms with E-state index in [-0.39, 0.29) is 0 Å². The Bertz CT molecular complexity index is 874. The molecule has 1 fully saturated rings. The van der Waals surface area contributed by atoms with Crippen molar-refractivity contribution in [2.24, 2.45) is 0 Å². The van der Waals surface area contributed by atoms with Crippen molar-refractivity contribution in [2.75, 3.05) is 43.2 Å². The summed E-state index contributed by atoms with van der Waals surface area (Å²) < 4.78 is 5.47. The van der Waals surface area contributed by atoms with Gasteiger partial charge in [0.1, 0.15) is 5.75 Å².